The average Bonchev–Trinajstić information content (AvgIpc) is 3.39. The third-order valence-corrected chi connectivity index (χ3v) is 6.26. The lowest BCUT2D eigenvalue weighted by Gasteiger charge is -2.20. The molecule has 0 atom stereocenters. The predicted molar refractivity (Wildman–Crippen MR) is 128 cm³/mol. The average molecular weight is 516 g/mol. The summed E-state index contributed by atoms with van der Waals surface area (Å²) >= 11 is 3.46. The van der Waals surface area contributed by atoms with Crippen molar-refractivity contribution in [3.8, 4) is 5.75 Å². The molecule has 33 heavy (non-hydrogen) atoms. The summed E-state index contributed by atoms with van der Waals surface area (Å²) in [5.74, 6) is 3.22. The summed E-state index contributed by atoms with van der Waals surface area (Å²) in [4.78, 5) is 21.6. The van der Waals surface area contributed by atoms with Crippen molar-refractivity contribution < 1.29 is 18.4 Å². The Labute approximate surface area is 202 Å². The van der Waals surface area contributed by atoms with E-state index < -0.39 is 0 Å². The van der Waals surface area contributed by atoms with Crippen LogP contribution in [0.15, 0.2) is 55.9 Å². The highest BCUT2D eigenvalue weighted by Crippen LogP contribution is 2.25. The molecule has 0 spiro atoms. The highest BCUT2D eigenvalue weighted by Gasteiger charge is 2.24. The number of carbonyl (C=O) groups is 1. The molecule has 0 saturated carbocycles. The minimum Gasteiger partial charge on any atom is -0.484 e. The van der Waals surface area contributed by atoms with E-state index in [1.807, 2.05) is 35.4 Å². The number of ether oxygens (including phenoxy) is 1. The molecule has 1 saturated heterocycles. The number of oxazole rings is 1. The second-order valence-corrected chi connectivity index (χ2v) is 10.1. The lowest BCUT2D eigenvalue weighted by Crippen LogP contribution is -2.35. The van der Waals surface area contributed by atoms with E-state index in [-0.39, 0.29) is 17.9 Å². The van der Waals surface area contributed by atoms with Crippen LogP contribution in [-0.4, -0.2) is 46.9 Å². The number of rotatable bonds is 6. The van der Waals surface area contributed by atoms with E-state index in [4.69, 9.17) is 13.6 Å². The monoisotopic (exact) mass is 515 g/mol. The third kappa shape index (κ3) is 6.06. The van der Waals surface area contributed by atoms with Gasteiger partial charge in [-0.1, -0.05) is 32.9 Å². The molecule has 8 heteroatoms. The fourth-order valence-electron chi connectivity index (χ4n) is 3.69. The van der Waals surface area contributed by atoms with Crippen molar-refractivity contribution in [2.75, 3.05) is 26.2 Å². The Morgan fingerprint density at radius 3 is 2.67 bits per heavy atom. The van der Waals surface area contributed by atoms with Gasteiger partial charge in [-0.2, -0.15) is 0 Å². The molecule has 3 aromatic rings. The Balaban J connectivity index is 1.30. The first-order valence-corrected chi connectivity index (χ1v) is 12.0. The normalized spacial score (nSPS) is 15.5. The predicted octanol–water partition coefficient (Wildman–Crippen LogP) is 5.25. The standard InChI is InChI=1S/C25H30BrN3O4/c1-25(2,3)22-15-27-23(33-22)16-28-11-6-12-29(14-13-28)24(30)21-10-9-18(32-21)17-31-20-8-5-4-7-19(20)26/h4-5,7-10,15H,6,11-14,16-17H2,1-3H3. The maximum atomic E-state index is 13.0. The molecule has 0 N–H and O–H groups in total. The maximum Gasteiger partial charge on any atom is 0.289 e. The number of carbonyl (C=O) groups excluding carboxylic acids is 1. The van der Waals surface area contributed by atoms with Gasteiger partial charge in [0.05, 0.1) is 17.2 Å². The van der Waals surface area contributed by atoms with Gasteiger partial charge in [-0.15, -0.1) is 0 Å². The molecule has 1 aromatic carbocycles. The van der Waals surface area contributed by atoms with Crippen LogP contribution in [0.1, 0.15) is 55.2 Å². The molecule has 0 aliphatic carbocycles. The molecule has 7 nitrogen and oxygen atoms in total. The smallest absolute Gasteiger partial charge is 0.289 e. The SMILES string of the molecule is CC(C)(C)c1cnc(CN2CCCN(C(=O)c3ccc(COc4ccccc4Br)o3)CC2)o1. The van der Waals surface area contributed by atoms with Crippen molar-refractivity contribution in [2.24, 2.45) is 0 Å². The van der Waals surface area contributed by atoms with E-state index in [1.165, 1.54) is 0 Å². The largest absolute Gasteiger partial charge is 0.484 e. The van der Waals surface area contributed by atoms with Gasteiger partial charge in [-0.25, -0.2) is 4.98 Å². The van der Waals surface area contributed by atoms with Crippen molar-refractivity contribution in [2.45, 2.75) is 45.8 Å². The number of benzene rings is 1. The molecule has 1 aliphatic heterocycles. The summed E-state index contributed by atoms with van der Waals surface area (Å²) in [6.07, 6.45) is 2.70. The Kier molecular flexibility index (Phi) is 7.24. The molecule has 0 radical (unpaired) electrons. The van der Waals surface area contributed by atoms with Gasteiger partial charge >= 0.3 is 0 Å². The Morgan fingerprint density at radius 2 is 1.91 bits per heavy atom. The first-order valence-electron chi connectivity index (χ1n) is 11.2. The van der Waals surface area contributed by atoms with Crippen LogP contribution in [0.3, 0.4) is 0 Å². The van der Waals surface area contributed by atoms with Gasteiger partial charge in [-0.3, -0.25) is 9.69 Å². The highest BCUT2D eigenvalue weighted by molar-refractivity contribution is 9.10. The minimum absolute atomic E-state index is 0.0578. The second-order valence-electron chi connectivity index (χ2n) is 9.28. The van der Waals surface area contributed by atoms with Crippen molar-refractivity contribution in [3.05, 3.63) is 70.2 Å². The van der Waals surface area contributed by atoms with Crippen LogP contribution in [0.25, 0.3) is 0 Å². The van der Waals surface area contributed by atoms with Crippen LogP contribution in [-0.2, 0) is 18.6 Å². The molecular formula is C25H30BrN3O4. The first-order chi connectivity index (χ1) is 15.8. The molecule has 4 rings (SSSR count). The van der Waals surface area contributed by atoms with Gasteiger partial charge in [0, 0.05) is 31.6 Å². The first kappa shape index (κ1) is 23.6. The molecule has 1 fully saturated rings. The van der Waals surface area contributed by atoms with Gasteiger partial charge in [0.2, 0.25) is 5.89 Å². The number of amides is 1. The quantitative estimate of drug-likeness (QED) is 0.446. The second kappa shape index (κ2) is 10.1. The minimum atomic E-state index is -0.0878. The Bertz CT molecular complexity index is 1090. The van der Waals surface area contributed by atoms with Crippen molar-refractivity contribution in [1.29, 1.82) is 0 Å². The molecule has 3 heterocycles. The van der Waals surface area contributed by atoms with Gasteiger partial charge in [0.25, 0.3) is 5.91 Å². The summed E-state index contributed by atoms with van der Waals surface area (Å²) in [5, 5.41) is 0. The molecule has 2 aromatic heterocycles. The number of para-hydroxylation sites is 1. The van der Waals surface area contributed by atoms with Crippen LogP contribution in [0, 0.1) is 0 Å². The zero-order valence-electron chi connectivity index (χ0n) is 19.3. The number of nitrogens with zero attached hydrogens (tertiary/aromatic N) is 3. The highest BCUT2D eigenvalue weighted by atomic mass is 79.9. The number of aromatic nitrogens is 1. The Morgan fingerprint density at radius 1 is 1.09 bits per heavy atom. The fraction of sp³-hybridized carbons (Fsp3) is 0.440. The fourth-order valence-corrected chi connectivity index (χ4v) is 4.09. The van der Waals surface area contributed by atoms with Gasteiger partial charge < -0.3 is 18.5 Å². The van der Waals surface area contributed by atoms with E-state index in [0.29, 0.717) is 31.2 Å². The lowest BCUT2D eigenvalue weighted by atomic mass is 9.94. The molecule has 1 amide bonds. The van der Waals surface area contributed by atoms with Crippen LogP contribution >= 0.6 is 15.9 Å². The van der Waals surface area contributed by atoms with Crippen molar-refractivity contribution in [3.63, 3.8) is 0 Å². The van der Waals surface area contributed by atoms with Gasteiger partial charge in [0.1, 0.15) is 23.9 Å². The number of hydrogen-bond acceptors (Lipinski definition) is 6. The molecule has 0 unspecified atom stereocenters. The molecule has 1 aliphatic rings. The van der Waals surface area contributed by atoms with Crippen LogP contribution in [0.4, 0.5) is 0 Å². The number of furan rings is 1. The lowest BCUT2D eigenvalue weighted by molar-refractivity contribution is 0.0724. The maximum absolute atomic E-state index is 13.0. The van der Waals surface area contributed by atoms with Crippen molar-refractivity contribution in [1.82, 2.24) is 14.8 Å². The van der Waals surface area contributed by atoms with E-state index in [1.54, 1.807) is 12.1 Å². The zero-order chi connectivity index (χ0) is 23.4. The van der Waals surface area contributed by atoms with Gasteiger partial charge in [0.15, 0.2) is 5.76 Å². The van der Waals surface area contributed by atoms with E-state index in [2.05, 4.69) is 46.6 Å². The van der Waals surface area contributed by atoms with Crippen molar-refractivity contribution >= 4 is 21.8 Å². The van der Waals surface area contributed by atoms with Crippen LogP contribution in [0.5, 0.6) is 5.75 Å². The Hall–Kier alpha value is -2.58. The molecule has 176 valence electrons. The number of halogens is 1. The zero-order valence-corrected chi connectivity index (χ0v) is 20.9. The summed E-state index contributed by atoms with van der Waals surface area (Å²) < 4.78 is 18.4. The van der Waals surface area contributed by atoms with E-state index in [9.17, 15) is 4.79 Å². The van der Waals surface area contributed by atoms with E-state index >= 15 is 0 Å². The summed E-state index contributed by atoms with van der Waals surface area (Å²) in [5.41, 5.74) is -0.0578. The summed E-state index contributed by atoms with van der Waals surface area (Å²) in [7, 11) is 0. The summed E-state index contributed by atoms with van der Waals surface area (Å²) in [6, 6.07) is 11.2. The summed E-state index contributed by atoms with van der Waals surface area (Å²) in [6.45, 7) is 10.2. The van der Waals surface area contributed by atoms with Crippen LogP contribution in [0.2, 0.25) is 0 Å². The molecular weight excluding hydrogens is 486 g/mol. The molecule has 0 bridgehead atoms. The topological polar surface area (TPSA) is 72.0 Å². The van der Waals surface area contributed by atoms with Gasteiger partial charge in [-0.05, 0) is 46.6 Å². The van der Waals surface area contributed by atoms with Crippen LogP contribution < -0.4 is 4.74 Å². The number of hydrogen-bond donors (Lipinski definition) is 0. The third-order valence-electron chi connectivity index (χ3n) is 5.61. The van der Waals surface area contributed by atoms with E-state index in [0.717, 1.165) is 41.4 Å².